The van der Waals surface area contributed by atoms with E-state index in [0.29, 0.717) is 30.9 Å². The number of nitrogens with zero attached hydrogens (tertiary/aromatic N) is 4. The predicted octanol–water partition coefficient (Wildman–Crippen LogP) is 4.82. The van der Waals surface area contributed by atoms with E-state index in [-0.39, 0.29) is 22.6 Å². The number of nitro benzene ring substituents is 1. The van der Waals surface area contributed by atoms with Gasteiger partial charge < -0.3 is 4.74 Å². The fraction of sp³-hybridized carbons (Fsp3) is 0.286. The highest BCUT2D eigenvalue weighted by Crippen LogP contribution is 2.42. The van der Waals surface area contributed by atoms with Gasteiger partial charge in [-0.1, -0.05) is 42.8 Å². The molecule has 0 bridgehead atoms. The van der Waals surface area contributed by atoms with Gasteiger partial charge in [0, 0.05) is 24.8 Å². The molecule has 0 radical (unpaired) electrons. The van der Waals surface area contributed by atoms with Crippen LogP contribution in [0.15, 0.2) is 70.0 Å². The third-order valence-electron chi connectivity index (χ3n) is 7.04. The average Bonchev–Trinajstić information content (AvgIpc) is 3.20. The molecular weight excluding hydrogens is 520 g/mol. The van der Waals surface area contributed by atoms with Gasteiger partial charge in [-0.25, -0.2) is 4.21 Å². The summed E-state index contributed by atoms with van der Waals surface area (Å²) >= 11 is 0. The molecule has 3 aromatic carbocycles. The van der Waals surface area contributed by atoms with Crippen LogP contribution in [0, 0.1) is 10.1 Å². The van der Waals surface area contributed by atoms with E-state index in [1.54, 1.807) is 4.68 Å². The number of nitro groups is 1. The van der Waals surface area contributed by atoms with Gasteiger partial charge in [-0.15, -0.1) is 0 Å². The first-order valence-electron chi connectivity index (χ1n) is 12.6. The monoisotopic (exact) mass is 548 g/mol. The molecule has 5 rings (SSSR count). The zero-order chi connectivity index (χ0) is 27.7. The lowest BCUT2D eigenvalue weighted by Crippen LogP contribution is -2.23. The Balaban J connectivity index is 1.57. The van der Waals surface area contributed by atoms with Crippen molar-refractivity contribution in [2.45, 2.75) is 25.8 Å². The molecule has 0 N–H and O–H groups in total. The zero-order valence-corrected chi connectivity index (χ0v) is 22.5. The zero-order valence-electron chi connectivity index (χ0n) is 21.7. The highest BCUT2D eigenvalue weighted by atomic mass is 32.2. The van der Waals surface area contributed by atoms with Crippen LogP contribution < -0.4 is 10.3 Å². The Bertz CT molecular complexity index is 1780. The maximum atomic E-state index is 13.6. The lowest BCUT2D eigenvalue weighted by molar-refractivity contribution is -0.384. The van der Waals surface area contributed by atoms with Crippen molar-refractivity contribution in [1.82, 2.24) is 9.36 Å². The van der Waals surface area contributed by atoms with Gasteiger partial charge in [0.1, 0.15) is 11.1 Å². The summed E-state index contributed by atoms with van der Waals surface area (Å²) in [5, 5.41) is 14.4. The van der Waals surface area contributed by atoms with E-state index in [4.69, 9.17) is 4.74 Å². The normalized spacial score (nSPS) is 14.7. The second-order valence-electron chi connectivity index (χ2n) is 9.58. The van der Waals surface area contributed by atoms with Crippen LogP contribution >= 0.6 is 0 Å². The summed E-state index contributed by atoms with van der Waals surface area (Å²) in [5.74, 6) is -0.113. The second-order valence-corrected chi connectivity index (χ2v) is 12.1. The molecule has 11 heteroatoms. The summed E-state index contributed by atoms with van der Waals surface area (Å²) < 4.78 is 25.9. The maximum Gasteiger partial charge on any atom is 0.310 e. The number of hydrogen-bond donors (Lipinski definition) is 0. The number of rotatable bonds is 7. The Labute approximate surface area is 225 Å². The number of fused-ring (bicyclic) bond motifs is 1. The van der Waals surface area contributed by atoms with Crippen LogP contribution in [-0.4, -0.2) is 42.9 Å². The number of benzene rings is 3. The molecule has 1 aliphatic rings. The molecule has 4 aromatic rings. The summed E-state index contributed by atoms with van der Waals surface area (Å²) in [6.45, 7) is 0.317. The number of hydrogen-bond acceptors (Lipinski definition) is 7. The summed E-state index contributed by atoms with van der Waals surface area (Å²) in [5.41, 5.74) is -1.02. The molecule has 1 saturated heterocycles. The molecule has 1 aromatic heterocycles. The van der Waals surface area contributed by atoms with E-state index in [2.05, 4.69) is 4.36 Å². The largest absolute Gasteiger partial charge is 0.494 e. The summed E-state index contributed by atoms with van der Waals surface area (Å²) in [4.78, 5) is 38.3. The molecule has 10 nitrogen and oxygen atoms in total. The lowest BCUT2D eigenvalue weighted by atomic mass is 10.0. The third kappa shape index (κ3) is 5.09. The fourth-order valence-electron chi connectivity index (χ4n) is 4.93. The van der Waals surface area contributed by atoms with Crippen LogP contribution in [0.4, 0.5) is 11.4 Å². The van der Waals surface area contributed by atoms with Gasteiger partial charge in [0.05, 0.1) is 28.3 Å². The molecule has 1 aliphatic heterocycles. The minimum atomic E-state index is -2.74. The SMILES string of the molecule is COc1ccc(C(=O)c2cn(Cc3ccc4ccccc4c3)n(C)c2=O)c([N+](=O)[O-])c1N=S1(=O)CCCCC1. The number of methoxy groups -OCH3 is 1. The fourth-order valence-corrected chi connectivity index (χ4v) is 7.14. The van der Waals surface area contributed by atoms with Crippen LogP contribution in [0.1, 0.15) is 40.7 Å². The molecule has 0 aliphatic carbocycles. The number of aromatic nitrogens is 2. The van der Waals surface area contributed by atoms with Crippen LogP contribution in [0.3, 0.4) is 0 Å². The molecule has 0 amide bonds. The minimum Gasteiger partial charge on any atom is -0.494 e. The average molecular weight is 549 g/mol. The standard InChI is InChI=1S/C28H28N4O6S/c1-30-28(34)23(18-31(30)17-19-10-11-20-8-4-5-9-21(20)16-19)27(33)22-12-13-24(38-2)25(26(22)32(35)36)29-39(37)14-6-3-7-15-39/h4-5,8-13,16,18H,3,6-7,14-15,17H2,1-2H3. The van der Waals surface area contributed by atoms with E-state index in [1.807, 2.05) is 42.5 Å². The predicted molar refractivity (Wildman–Crippen MR) is 150 cm³/mol. The third-order valence-corrected chi connectivity index (χ3v) is 9.40. The Hall–Kier alpha value is -4.25. The van der Waals surface area contributed by atoms with Crippen LogP contribution in [0.2, 0.25) is 0 Å². The summed E-state index contributed by atoms with van der Waals surface area (Å²) in [6.07, 6.45) is 3.74. The Morgan fingerprint density at radius 1 is 1.05 bits per heavy atom. The van der Waals surface area contributed by atoms with Gasteiger partial charge in [0.15, 0.2) is 11.4 Å². The molecule has 1 fully saturated rings. The van der Waals surface area contributed by atoms with E-state index in [0.717, 1.165) is 22.8 Å². The molecule has 202 valence electrons. The van der Waals surface area contributed by atoms with Crippen molar-refractivity contribution in [1.29, 1.82) is 0 Å². The molecule has 0 spiro atoms. The first-order chi connectivity index (χ1) is 18.7. The Morgan fingerprint density at radius 2 is 1.77 bits per heavy atom. The maximum absolute atomic E-state index is 13.6. The van der Waals surface area contributed by atoms with Gasteiger partial charge >= 0.3 is 5.69 Å². The quantitative estimate of drug-likeness (QED) is 0.185. The molecule has 0 unspecified atom stereocenters. The highest BCUT2D eigenvalue weighted by molar-refractivity contribution is 7.93. The smallest absolute Gasteiger partial charge is 0.310 e. The van der Waals surface area contributed by atoms with Crippen molar-refractivity contribution in [2.75, 3.05) is 18.6 Å². The van der Waals surface area contributed by atoms with Crippen molar-refractivity contribution < 1.29 is 18.7 Å². The van der Waals surface area contributed by atoms with Gasteiger partial charge in [-0.3, -0.25) is 29.1 Å². The van der Waals surface area contributed by atoms with Gasteiger partial charge in [-0.2, -0.15) is 4.36 Å². The number of carbonyl (C=O) groups excluding carboxylic acids is 1. The lowest BCUT2D eigenvalue weighted by Gasteiger charge is -2.16. The van der Waals surface area contributed by atoms with Crippen LogP contribution in [0.25, 0.3) is 10.8 Å². The van der Waals surface area contributed by atoms with Gasteiger partial charge in [-0.05, 0) is 47.4 Å². The van der Waals surface area contributed by atoms with Crippen molar-refractivity contribution in [2.24, 2.45) is 11.4 Å². The highest BCUT2D eigenvalue weighted by Gasteiger charge is 2.32. The van der Waals surface area contributed by atoms with Crippen molar-refractivity contribution >= 4 is 37.7 Å². The first-order valence-corrected chi connectivity index (χ1v) is 14.4. The summed E-state index contributed by atoms with van der Waals surface area (Å²) in [7, 11) is 0.127. The molecular formula is C28H28N4O6S. The van der Waals surface area contributed by atoms with E-state index < -0.39 is 31.7 Å². The minimum absolute atomic E-state index is 0.0494. The molecule has 0 atom stereocenters. The van der Waals surface area contributed by atoms with Gasteiger partial charge in [0.25, 0.3) is 5.56 Å². The Morgan fingerprint density at radius 3 is 2.46 bits per heavy atom. The number of ketones is 1. The number of ether oxygens (including phenoxy) is 1. The molecule has 2 heterocycles. The Kier molecular flexibility index (Phi) is 7.09. The van der Waals surface area contributed by atoms with E-state index in [1.165, 1.54) is 37.2 Å². The second kappa shape index (κ2) is 10.5. The summed E-state index contributed by atoms with van der Waals surface area (Å²) in [6, 6.07) is 16.5. The van der Waals surface area contributed by atoms with Crippen LogP contribution in [-0.2, 0) is 23.3 Å². The van der Waals surface area contributed by atoms with E-state index >= 15 is 0 Å². The van der Waals surface area contributed by atoms with Crippen molar-refractivity contribution in [3.05, 3.63) is 98.0 Å². The number of carbonyl (C=O) groups is 1. The van der Waals surface area contributed by atoms with Crippen LogP contribution in [0.5, 0.6) is 5.75 Å². The van der Waals surface area contributed by atoms with Crippen molar-refractivity contribution in [3.8, 4) is 5.75 Å². The van der Waals surface area contributed by atoms with Gasteiger partial charge in [0.2, 0.25) is 5.78 Å². The molecule has 39 heavy (non-hydrogen) atoms. The first kappa shape index (κ1) is 26.4. The van der Waals surface area contributed by atoms with E-state index in [9.17, 15) is 23.9 Å². The topological polar surface area (TPSA) is 126 Å². The molecule has 0 saturated carbocycles. The van der Waals surface area contributed by atoms with Crippen molar-refractivity contribution in [3.63, 3.8) is 0 Å².